The minimum Gasteiger partial charge on any atom is -0.465 e. The minimum atomic E-state index is -1.02. The molecule has 1 aliphatic carbocycles. The Balaban J connectivity index is 2.43. The summed E-state index contributed by atoms with van der Waals surface area (Å²) in [5.41, 5.74) is 7.44. The zero-order chi connectivity index (χ0) is 14.2. The van der Waals surface area contributed by atoms with E-state index in [1.807, 2.05) is 26.8 Å². The minimum absolute atomic E-state index is 0.222. The molecule has 0 bridgehead atoms. The van der Waals surface area contributed by atoms with E-state index in [1.165, 1.54) is 0 Å². The van der Waals surface area contributed by atoms with Gasteiger partial charge in [0.15, 0.2) is 0 Å². The first kappa shape index (κ1) is 13.6. The molecule has 0 aromatic carbocycles. The van der Waals surface area contributed by atoms with E-state index < -0.39 is 6.09 Å². The number of nitrogens with two attached hydrogens (primary N) is 1. The lowest BCUT2D eigenvalue weighted by atomic mass is 9.81. The van der Waals surface area contributed by atoms with Crippen molar-refractivity contribution < 1.29 is 9.90 Å². The lowest BCUT2D eigenvalue weighted by Crippen LogP contribution is -2.36. The molecule has 2 rings (SSSR count). The fraction of sp³-hybridized carbons (Fsp3) is 0.571. The number of carbonyl (C=O) groups is 1. The molecule has 1 heterocycles. The van der Waals surface area contributed by atoms with Crippen LogP contribution >= 0.6 is 0 Å². The predicted molar refractivity (Wildman–Crippen MR) is 74.0 cm³/mol. The third-order valence-corrected chi connectivity index (χ3v) is 3.39. The Morgan fingerprint density at radius 1 is 1.47 bits per heavy atom. The third-order valence-electron chi connectivity index (χ3n) is 3.39. The van der Waals surface area contributed by atoms with Gasteiger partial charge in [-0.2, -0.15) is 0 Å². The Kier molecular flexibility index (Phi) is 3.39. The Bertz CT molecular complexity index is 490. The number of nitrogens with one attached hydrogen (secondary N) is 1. The fourth-order valence-corrected chi connectivity index (χ4v) is 2.31. The molecule has 5 nitrogen and oxygen atoms in total. The number of carboxylic acid groups (broad SMARTS) is 1. The monoisotopic (exact) mass is 263 g/mol. The summed E-state index contributed by atoms with van der Waals surface area (Å²) < 4.78 is 0. The Labute approximate surface area is 113 Å². The van der Waals surface area contributed by atoms with Crippen LogP contribution in [-0.4, -0.2) is 16.2 Å². The number of rotatable bonds is 3. The van der Waals surface area contributed by atoms with Crippen LogP contribution in [0.1, 0.15) is 56.8 Å². The van der Waals surface area contributed by atoms with E-state index >= 15 is 0 Å². The van der Waals surface area contributed by atoms with Crippen LogP contribution in [0.3, 0.4) is 0 Å². The average Bonchev–Trinajstić information content (AvgIpc) is 3.08. The molecule has 1 fully saturated rings. The topological polar surface area (TPSA) is 88.2 Å². The van der Waals surface area contributed by atoms with Gasteiger partial charge in [-0.25, -0.2) is 9.78 Å². The molecule has 1 amide bonds. The molecule has 0 aliphatic heterocycles. The van der Waals surface area contributed by atoms with Crippen LogP contribution in [0.4, 0.5) is 10.6 Å². The maximum absolute atomic E-state index is 11.0. The number of nitrogens with zero attached hydrogens (tertiary/aromatic N) is 1. The van der Waals surface area contributed by atoms with E-state index in [2.05, 4.69) is 10.3 Å². The standard InChI is InChI=1S/C14H21N3O2/c1-14(2,3)12(17-13(18)19)9-6-7-10(15)16-11(9)8-4-5-8/h6-8,12,17H,4-5H2,1-3H3,(H2,15,16)(H,18,19). The summed E-state index contributed by atoms with van der Waals surface area (Å²) >= 11 is 0. The highest BCUT2D eigenvalue weighted by molar-refractivity contribution is 5.65. The van der Waals surface area contributed by atoms with Crippen molar-refractivity contribution in [2.24, 2.45) is 5.41 Å². The van der Waals surface area contributed by atoms with Crippen molar-refractivity contribution in [2.45, 2.75) is 45.6 Å². The first-order valence-corrected chi connectivity index (χ1v) is 6.55. The summed E-state index contributed by atoms with van der Waals surface area (Å²) in [6.45, 7) is 6.04. The van der Waals surface area contributed by atoms with Gasteiger partial charge in [-0.3, -0.25) is 0 Å². The molecule has 1 saturated carbocycles. The number of pyridine rings is 1. The molecule has 1 atom stereocenters. The molecule has 1 aliphatic rings. The van der Waals surface area contributed by atoms with Crippen molar-refractivity contribution in [1.82, 2.24) is 10.3 Å². The smallest absolute Gasteiger partial charge is 0.405 e. The van der Waals surface area contributed by atoms with E-state index in [4.69, 9.17) is 10.8 Å². The lowest BCUT2D eigenvalue weighted by Gasteiger charge is -2.32. The van der Waals surface area contributed by atoms with Gasteiger partial charge >= 0.3 is 6.09 Å². The Morgan fingerprint density at radius 3 is 2.58 bits per heavy atom. The van der Waals surface area contributed by atoms with Crippen LogP contribution in [-0.2, 0) is 0 Å². The molecule has 0 spiro atoms. The quantitative estimate of drug-likeness (QED) is 0.782. The summed E-state index contributed by atoms with van der Waals surface area (Å²) in [7, 11) is 0. The molecule has 4 N–H and O–H groups in total. The number of aromatic nitrogens is 1. The largest absolute Gasteiger partial charge is 0.465 e. The first-order chi connectivity index (χ1) is 8.79. The molecular formula is C14H21N3O2. The highest BCUT2D eigenvalue weighted by Gasteiger charge is 2.35. The predicted octanol–water partition coefficient (Wildman–Crippen LogP) is 2.90. The molecule has 5 heteroatoms. The van der Waals surface area contributed by atoms with Crippen LogP contribution in [0.5, 0.6) is 0 Å². The van der Waals surface area contributed by atoms with Gasteiger partial charge in [0.25, 0.3) is 0 Å². The number of amides is 1. The normalized spacial score (nSPS) is 17.0. The summed E-state index contributed by atoms with van der Waals surface area (Å²) in [5, 5.41) is 11.7. The molecule has 19 heavy (non-hydrogen) atoms. The van der Waals surface area contributed by atoms with E-state index in [-0.39, 0.29) is 11.5 Å². The Hall–Kier alpha value is -1.78. The van der Waals surface area contributed by atoms with E-state index in [9.17, 15) is 4.79 Å². The number of hydrogen-bond donors (Lipinski definition) is 3. The maximum atomic E-state index is 11.0. The van der Waals surface area contributed by atoms with Gasteiger partial charge in [0, 0.05) is 5.92 Å². The van der Waals surface area contributed by atoms with Gasteiger partial charge in [-0.05, 0) is 29.9 Å². The van der Waals surface area contributed by atoms with E-state index in [1.54, 1.807) is 6.07 Å². The molecule has 1 unspecified atom stereocenters. The molecular weight excluding hydrogens is 242 g/mol. The summed E-state index contributed by atoms with van der Waals surface area (Å²) in [5.74, 6) is 0.924. The molecule has 1 aromatic heterocycles. The number of nitrogen functional groups attached to an aromatic ring is 1. The second kappa shape index (κ2) is 4.72. The highest BCUT2D eigenvalue weighted by Crippen LogP contribution is 2.45. The molecule has 0 saturated heterocycles. The second-order valence-electron chi connectivity index (χ2n) is 6.23. The maximum Gasteiger partial charge on any atom is 0.405 e. The molecule has 0 radical (unpaired) electrons. The number of anilines is 1. The van der Waals surface area contributed by atoms with Crippen molar-refractivity contribution in [3.05, 3.63) is 23.4 Å². The van der Waals surface area contributed by atoms with Gasteiger partial charge in [0.1, 0.15) is 5.82 Å². The van der Waals surface area contributed by atoms with Crippen LogP contribution in [0, 0.1) is 5.41 Å². The SMILES string of the molecule is CC(C)(C)C(NC(=O)O)c1ccc(N)nc1C1CC1. The van der Waals surface area contributed by atoms with E-state index in [0.717, 1.165) is 24.1 Å². The molecule has 104 valence electrons. The van der Waals surface area contributed by atoms with Crippen molar-refractivity contribution in [3.63, 3.8) is 0 Å². The van der Waals surface area contributed by atoms with Gasteiger partial charge in [-0.15, -0.1) is 0 Å². The molecule has 1 aromatic rings. The van der Waals surface area contributed by atoms with Crippen LogP contribution in [0.15, 0.2) is 12.1 Å². The van der Waals surface area contributed by atoms with Crippen LogP contribution < -0.4 is 11.1 Å². The average molecular weight is 263 g/mol. The van der Waals surface area contributed by atoms with Gasteiger partial charge in [-0.1, -0.05) is 26.8 Å². The van der Waals surface area contributed by atoms with E-state index in [0.29, 0.717) is 11.7 Å². The van der Waals surface area contributed by atoms with Crippen molar-refractivity contribution in [2.75, 3.05) is 5.73 Å². The van der Waals surface area contributed by atoms with Crippen molar-refractivity contribution in [1.29, 1.82) is 0 Å². The Morgan fingerprint density at radius 2 is 2.11 bits per heavy atom. The number of hydrogen-bond acceptors (Lipinski definition) is 3. The fourth-order valence-electron chi connectivity index (χ4n) is 2.31. The lowest BCUT2D eigenvalue weighted by molar-refractivity contribution is 0.174. The van der Waals surface area contributed by atoms with Gasteiger partial charge < -0.3 is 16.2 Å². The van der Waals surface area contributed by atoms with Crippen LogP contribution in [0.2, 0.25) is 0 Å². The summed E-state index contributed by atoms with van der Waals surface area (Å²) in [6, 6.07) is 3.36. The first-order valence-electron chi connectivity index (χ1n) is 6.55. The second-order valence-corrected chi connectivity index (χ2v) is 6.23. The zero-order valence-corrected chi connectivity index (χ0v) is 11.6. The zero-order valence-electron chi connectivity index (χ0n) is 11.6. The van der Waals surface area contributed by atoms with Gasteiger partial charge in [0.2, 0.25) is 0 Å². The summed E-state index contributed by atoms with van der Waals surface area (Å²) in [4.78, 5) is 15.5. The highest BCUT2D eigenvalue weighted by atomic mass is 16.4. The summed E-state index contributed by atoms with van der Waals surface area (Å²) in [6.07, 6.45) is 1.19. The van der Waals surface area contributed by atoms with Gasteiger partial charge in [0.05, 0.1) is 11.7 Å². The van der Waals surface area contributed by atoms with Crippen molar-refractivity contribution >= 4 is 11.9 Å². The third kappa shape index (κ3) is 3.16. The van der Waals surface area contributed by atoms with Crippen molar-refractivity contribution in [3.8, 4) is 0 Å². The van der Waals surface area contributed by atoms with Crippen LogP contribution in [0.25, 0.3) is 0 Å².